The zero-order valence-electron chi connectivity index (χ0n) is 8.45. The summed E-state index contributed by atoms with van der Waals surface area (Å²) in [6.45, 7) is 2.51. The normalized spacial score (nSPS) is 21.6. The molecule has 1 aliphatic rings. The molecule has 4 nitrogen and oxygen atoms in total. The highest BCUT2D eigenvalue weighted by Gasteiger charge is 2.22. The van der Waals surface area contributed by atoms with Crippen LogP contribution in [0.15, 0.2) is 10.6 Å². The van der Waals surface area contributed by atoms with Crippen LogP contribution in [-0.2, 0) is 11.2 Å². The molecule has 0 spiro atoms. The van der Waals surface area contributed by atoms with Gasteiger partial charge in [-0.15, -0.1) is 0 Å². The number of rotatable bonds is 4. The van der Waals surface area contributed by atoms with Crippen molar-refractivity contribution in [2.75, 3.05) is 26.8 Å². The summed E-state index contributed by atoms with van der Waals surface area (Å²) in [4.78, 5) is 4.28. The number of hydrogen-bond donors (Lipinski definition) is 1. The second-order valence-corrected chi connectivity index (χ2v) is 3.58. The van der Waals surface area contributed by atoms with Gasteiger partial charge >= 0.3 is 0 Å². The van der Waals surface area contributed by atoms with Crippen molar-refractivity contribution in [1.29, 1.82) is 0 Å². The third kappa shape index (κ3) is 2.13. The molecule has 14 heavy (non-hydrogen) atoms. The number of aromatic nitrogens is 1. The average Bonchev–Trinajstić information content (AvgIpc) is 2.85. The molecule has 0 aromatic carbocycles. The number of hydrogen-bond acceptors (Lipinski definition) is 4. The fourth-order valence-corrected chi connectivity index (χ4v) is 1.60. The molecule has 0 radical (unpaired) electrons. The fraction of sp³-hybridized carbons (Fsp3) is 0.700. The quantitative estimate of drug-likeness (QED) is 0.778. The molecule has 1 atom stereocenters. The topological polar surface area (TPSA) is 47.3 Å². The van der Waals surface area contributed by atoms with Crippen LogP contribution in [0.5, 0.6) is 0 Å². The van der Waals surface area contributed by atoms with E-state index in [1.807, 2.05) is 13.2 Å². The van der Waals surface area contributed by atoms with E-state index >= 15 is 0 Å². The maximum Gasteiger partial charge on any atom is 0.199 e. The van der Waals surface area contributed by atoms with Gasteiger partial charge in [0, 0.05) is 19.6 Å². The maximum atomic E-state index is 5.64. The minimum absolute atomic E-state index is 0.373. The highest BCUT2D eigenvalue weighted by atomic mass is 16.5. The first-order chi connectivity index (χ1) is 6.90. The van der Waals surface area contributed by atoms with E-state index < -0.39 is 0 Å². The molecule has 1 aromatic rings. The lowest BCUT2D eigenvalue weighted by molar-refractivity contribution is 0.190. The van der Waals surface area contributed by atoms with Gasteiger partial charge in [-0.1, -0.05) is 0 Å². The Balaban J connectivity index is 1.94. The van der Waals surface area contributed by atoms with Crippen LogP contribution in [0.3, 0.4) is 0 Å². The third-order valence-corrected chi connectivity index (χ3v) is 2.47. The number of nitrogens with one attached hydrogen (secondary N) is 1. The van der Waals surface area contributed by atoms with Crippen LogP contribution in [-0.4, -0.2) is 31.8 Å². The largest absolute Gasteiger partial charge is 0.445 e. The number of likely N-dealkylation sites (N-methyl/N-ethyl adjacent to an activating group) is 1. The lowest BCUT2D eigenvalue weighted by atomic mass is 10.1. The van der Waals surface area contributed by atoms with Gasteiger partial charge in [0.2, 0.25) is 0 Å². The smallest absolute Gasteiger partial charge is 0.199 e. The van der Waals surface area contributed by atoms with E-state index in [9.17, 15) is 0 Å². The van der Waals surface area contributed by atoms with Crippen molar-refractivity contribution in [1.82, 2.24) is 10.3 Å². The van der Waals surface area contributed by atoms with E-state index in [2.05, 4.69) is 10.3 Å². The number of ether oxygens (including phenoxy) is 1. The molecule has 4 heteroatoms. The molecule has 78 valence electrons. The maximum absolute atomic E-state index is 5.64. The van der Waals surface area contributed by atoms with E-state index in [-0.39, 0.29) is 0 Å². The lowest BCUT2D eigenvalue weighted by Crippen LogP contribution is -2.09. The zero-order chi connectivity index (χ0) is 9.80. The number of nitrogens with zero attached hydrogens (tertiary/aromatic N) is 1. The molecule has 2 rings (SSSR count). The SMILES string of the molecule is CNCCc1cnc(C2CCOC2)o1. The van der Waals surface area contributed by atoms with E-state index in [1.165, 1.54) is 0 Å². The Morgan fingerprint density at radius 3 is 3.29 bits per heavy atom. The molecule has 2 heterocycles. The highest BCUT2D eigenvalue weighted by molar-refractivity contribution is 5.00. The molecule has 1 aromatic heterocycles. The van der Waals surface area contributed by atoms with Crippen LogP contribution in [0.2, 0.25) is 0 Å². The molecule has 1 aliphatic heterocycles. The third-order valence-electron chi connectivity index (χ3n) is 2.47. The average molecular weight is 196 g/mol. The van der Waals surface area contributed by atoms with Crippen LogP contribution in [0.25, 0.3) is 0 Å². The fourth-order valence-electron chi connectivity index (χ4n) is 1.60. The molecule has 0 amide bonds. The molecule has 1 N–H and O–H groups in total. The molecule has 1 unspecified atom stereocenters. The second kappa shape index (κ2) is 4.57. The Kier molecular flexibility index (Phi) is 3.16. The molecule has 1 saturated heterocycles. The van der Waals surface area contributed by atoms with Crippen molar-refractivity contribution in [2.24, 2.45) is 0 Å². The monoisotopic (exact) mass is 196 g/mol. The zero-order valence-corrected chi connectivity index (χ0v) is 8.45. The summed E-state index contributed by atoms with van der Waals surface area (Å²) < 4.78 is 10.9. The predicted molar refractivity (Wildman–Crippen MR) is 52.3 cm³/mol. The van der Waals surface area contributed by atoms with Crippen molar-refractivity contribution in [3.8, 4) is 0 Å². The first-order valence-corrected chi connectivity index (χ1v) is 5.07. The van der Waals surface area contributed by atoms with Crippen molar-refractivity contribution in [3.63, 3.8) is 0 Å². The van der Waals surface area contributed by atoms with Crippen molar-refractivity contribution < 1.29 is 9.15 Å². The van der Waals surface area contributed by atoms with Gasteiger partial charge in [0.15, 0.2) is 5.89 Å². The summed E-state index contributed by atoms with van der Waals surface area (Å²) in [5, 5.41) is 3.08. The van der Waals surface area contributed by atoms with Gasteiger partial charge < -0.3 is 14.5 Å². The highest BCUT2D eigenvalue weighted by Crippen LogP contribution is 2.24. The summed E-state index contributed by atoms with van der Waals surface area (Å²) >= 11 is 0. The van der Waals surface area contributed by atoms with Gasteiger partial charge in [-0.3, -0.25) is 0 Å². The second-order valence-electron chi connectivity index (χ2n) is 3.58. The molecule has 0 bridgehead atoms. The predicted octanol–water partition coefficient (Wildman–Crippen LogP) is 0.940. The Morgan fingerprint density at radius 2 is 2.57 bits per heavy atom. The van der Waals surface area contributed by atoms with Gasteiger partial charge in [-0.2, -0.15) is 0 Å². The number of oxazole rings is 1. The summed E-state index contributed by atoms with van der Waals surface area (Å²) in [5.41, 5.74) is 0. The Labute approximate surface area is 83.7 Å². The van der Waals surface area contributed by atoms with Crippen molar-refractivity contribution in [3.05, 3.63) is 17.8 Å². The van der Waals surface area contributed by atoms with Crippen LogP contribution in [0.4, 0.5) is 0 Å². The summed E-state index contributed by atoms with van der Waals surface area (Å²) in [5.74, 6) is 2.17. The van der Waals surface area contributed by atoms with E-state index in [4.69, 9.17) is 9.15 Å². The lowest BCUT2D eigenvalue weighted by Gasteiger charge is -2.00. The summed E-state index contributed by atoms with van der Waals surface area (Å²) in [6, 6.07) is 0. The van der Waals surface area contributed by atoms with E-state index in [0.717, 1.165) is 44.3 Å². The van der Waals surface area contributed by atoms with Gasteiger partial charge in [0.1, 0.15) is 5.76 Å². The van der Waals surface area contributed by atoms with Gasteiger partial charge in [0.05, 0.1) is 18.7 Å². The van der Waals surface area contributed by atoms with Gasteiger partial charge in [-0.05, 0) is 13.5 Å². The first-order valence-electron chi connectivity index (χ1n) is 5.07. The molecule has 0 aliphatic carbocycles. The van der Waals surface area contributed by atoms with Crippen molar-refractivity contribution in [2.45, 2.75) is 18.8 Å². The summed E-state index contributed by atoms with van der Waals surface area (Å²) in [6.07, 6.45) is 3.76. The Hall–Kier alpha value is -0.870. The van der Waals surface area contributed by atoms with Crippen LogP contribution < -0.4 is 5.32 Å². The Bertz CT molecular complexity index is 279. The van der Waals surface area contributed by atoms with Crippen LogP contribution in [0.1, 0.15) is 24.0 Å². The standard InChI is InChI=1S/C10H16N2O2/c1-11-4-2-9-6-12-10(14-9)8-3-5-13-7-8/h6,8,11H,2-5,7H2,1H3. The van der Waals surface area contributed by atoms with Gasteiger partial charge in [-0.25, -0.2) is 4.98 Å². The molecule has 1 fully saturated rings. The van der Waals surface area contributed by atoms with Crippen LogP contribution in [0, 0.1) is 0 Å². The minimum Gasteiger partial charge on any atom is -0.445 e. The van der Waals surface area contributed by atoms with Gasteiger partial charge in [0.25, 0.3) is 0 Å². The van der Waals surface area contributed by atoms with E-state index in [1.54, 1.807) is 0 Å². The first kappa shape index (κ1) is 9.68. The molecular formula is C10H16N2O2. The van der Waals surface area contributed by atoms with Crippen LogP contribution >= 0.6 is 0 Å². The summed E-state index contributed by atoms with van der Waals surface area (Å²) in [7, 11) is 1.93. The Morgan fingerprint density at radius 1 is 1.64 bits per heavy atom. The molecular weight excluding hydrogens is 180 g/mol. The minimum atomic E-state index is 0.373. The molecule has 0 saturated carbocycles. The van der Waals surface area contributed by atoms with E-state index in [0.29, 0.717) is 5.92 Å². The van der Waals surface area contributed by atoms with Crippen molar-refractivity contribution >= 4 is 0 Å².